The van der Waals surface area contributed by atoms with Crippen molar-refractivity contribution in [3.8, 4) is 0 Å². The first-order valence-electron chi connectivity index (χ1n) is 5.67. The van der Waals surface area contributed by atoms with Gasteiger partial charge < -0.3 is 14.7 Å². The van der Waals surface area contributed by atoms with E-state index in [4.69, 9.17) is 4.74 Å². The lowest BCUT2D eigenvalue weighted by Crippen LogP contribution is -2.46. The number of nitrogens with zero attached hydrogens (tertiary/aromatic N) is 1. The third-order valence-corrected chi connectivity index (χ3v) is 3.63. The number of rotatable bonds is 1. The van der Waals surface area contributed by atoms with Gasteiger partial charge >= 0.3 is 0 Å². The average molecular weight is 199 g/mol. The van der Waals surface area contributed by atoms with Gasteiger partial charge in [-0.25, -0.2) is 0 Å². The number of hydrogen-bond donors (Lipinski definition) is 1. The Labute approximate surface area is 86.0 Å². The quantitative estimate of drug-likeness (QED) is 0.684. The number of hydrogen-bond acceptors (Lipinski definition) is 3. The lowest BCUT2D eigenvalue weighted by atomic mass is 9.87. The Kier molecular flexibility index (Phi) is 2.82. The Morgan fingerprint density at radius 1 is 1.36 bits per heavy atom. The molecule has 1 atom stereocenters. The van der Waals surface area contributed by atoms with Gasteiger partial charge in [0.05, 0.1) is 18.3 Å². The standard InChI is InChI=1S/C11H21NO2/c1-9(2)12-5-3-11(4-6-12)7-10(13)8-14-11/h9-10,13H,3-8H2,1-2H3. The molecule has 0 aromatic rings. The van der Waals surface area contributed by atoms with Gasteiger partial charge in [-0.3, -0.25) is 0 Å². The molecule has 82 valence electrons. The topological polar surface area (TPSA) is 32.7 Å². The molecule has 0 bridgehead atoms. The molecule has 2 rings (SSSR count). The number of aliphatic hydroxyl groups is 1. The van der Waals surface area contributed by atoms with Crippen LogP contribution < -0.4 is 0 Å². The van der Waals surface area contributed by atoms with Gasteiger partial charge in [-0.2, -0.15) is 0 Å². The third-order valence-electron chi connectivity index (χ3n) is 3.63. The first-order chi connectivity index (χ1) is 6.61. The van der Waals surface area contributed by atoms with Crippen molar-refractivity contribution in [1.29, 1.82) is 0 Å². The molecule has 2 aliphatic heterocycles. The summed E-state index contributed by atoms with van der Waals surface area (Å²) in [7, 11) is 0. The summed E-state index contributed by atoms with van der Waals surface area (Å²) in [5.74, 6) is 0. The summed E-state index contributed by atoms with van der Waals surface area (Å²) in [5.41, 5.74) is 0.0187. The molecule has 0 aromatic carbocycles. The van der Waals surface area contributed by atoms with Crippen LogP contribution in [0.1, 0.15) is 33.1 Å². The molecule has 2 aliphatic rings. The predicted molar refractivity (Wildman–Crippen MR) is 55.2 cm³/mol. The first kappa shape index (κ1) is 10.4. The summed E-state index contributed by atoms with van der Waals surface area (Å²) in [4.78, 5) is 2.49. The molecule has 0 amide bonds. The molecule has 2 heterocycles. The molecule has 0 radical (unpaired) electrons. The van der Waals surface area contributed by atoms with Crippen molar-refractivity contribution in [2.45, 2.75) is 50.9 Å². The first-order valence-corrected chi connectivity index (χ1v) is 5.67. The van der Waals surface area contributed by atoms with Crippen molar-refractivity contribution in [3.05, 3.63) is 0 Å². The van der Waals surface area contributed by atoms with Crippen molar-refractivity contribution < 1.29 is 9.84 Å². The monoisotopic (exact) mass is 199 g/mol. The molecule has 1 spiro atoms. The zero-order valence-electron chi connectivity index (χ0n) is 9.20. The highest BCUT2D eigenvalue weighted by Crippen LogP contribution is 2.36. The maximum Gasteiger partial charge on any atom is 0.0801 e. The maximum atomic E-state index is 9.48. The minimum absolute atomic E-state index is 0.0187. The van der Waals surface area contributed by atoms with E-state index in [1.807, 2.05) is 0 Å². The molecule has 0 saturated carbocycles. The molecule has 3 nitrogen and oxygen atoms in total. The Morgan fingerprint density at radius 3 is 2.43 bits per heavy atom. The van der Waals surface area contributed by atoms with Gasteiger partial charge in [-0.05, 0) is 26.7 Å². The average Bonchev–Trinajstić information content (AvgIpc) is 2.48. The van der Waals surface area contributed by atoms with Gasteiger partial charge in [0.15, 0.2) is 0 Å². The summed E-state index contributed by atoms with van der Waals surface area (Å²) >= 11 is 0. The highest BCUT2D eigenvalue weighted by Gasteiger charge is 2.42. The molecule has 3 heteroatoms. The van der Waals surface area contributed by atoms with E-state index in [1.54, 1.807) is 0 Å². The van der Waals surface area contributed by atoms with E-state index in [2.05, 4.69) is 18.7 Å². The highest BCUT2D eigenvalue weighted by molar-refractivity contribution is 4.94. The second kappa shape index (κ2) is 3.80. The minimum Gasteiger partial charge on any atom is -0.391 e. The summed E-state index contributed by atoms with van der Waals surface area (Å²) < 4.78 is 5.75. The minimum atomic E-state index is -0.222. The summed E-state index contributed by atoms with van der Waals surface area (Å²) in [5, 5.41) is 9.48. The summed E-state index contributed by atoms with van der Waals surface area (Å²) in [6, 6.07) is 0.638. The van der Waals surface area contributed by atoms with Crippen LogP contribution in [0.15, 0.2) is 0 Å². The van der Waals surface area contributed by atoms with Crippen LogP contribution in [0.5, 0.6) is 0 Å². The van der Waals surface area contributed by atoms with Gasteiger partial charge in [0.2, 0.25) is 0 Å². The van der Waals surface area contributed by atoms with Crippen molar-refractivity contribution in [2.24, 2.45) is 0 Å². The van der Waals surface area contributed by atoms with E-state index in [0.717, 1.165) is 32.4 Å². The molecule has 14 heavy (non-hydrogen) atoms. The third kappa shape index (κ3) is 1.95. The van der Waals surface area contributed by atoms with Gasteiger partial charge in [-0.15, -0.1) is 0 Å². The van der Waals surface area contributed by atoms with Crippen LogP contribution in [0.3, 0.4) is 0 Å². The maximum absolute atomic E-state index is 9.48. The van der Waals surface area contributed by atoms with Crippen molar-refractivity contribution in [2.75, 3.05) is 19.7 Å². The second-order valence-corrected chi connectivity index (χ2v) is 4.98. The lowest BCUT2D eigenvalue weighted by molar-refractivity contribution is -0.0490. The SMILES string of the molecule is CC(C)N1CCC2(CC1)CC(O)CO2. The van der Waals surface area contributed by atoms with Crippen molar-refractivity contribution in [1.82, 2.24) is 4.90 Å². The fourth-order valence-corrected chi connectivity index (χ4v) is 2.62. The van der Waals surface area contributed by atoms with Gasteiger partial charge in [0.1, 0.15) is 0 Å². The van der Waals surface area contributed by atoms with E-state index in [9.17, 15) is 5.11 Å². The fourth-order valence-electron chi connectivity index (χ4n) is 2.62. The zero-order chi connectivity index (χ0) is 10.2. The van der Waals surface area contributed by atoms with Crippen LogP contribution in [-0.4, -0.2) is 47.4 Å². The van der Waals surface area contributed by atoms with Gasteiger partial charge in [0.25, 0.3) is 0 Å². The van der Waals surface area contributed by atoms with Crippen molar-refractivity contribution in [3.63, 3.8) is 0 Å². The van der Waals surface area contributed by atoms with Gasteiger partial charge in [0, 0.05) is 25.6 Å². The molecular weight excluding hydrogens is 178 g/mol. The lowest BCUT2D eigenvalue weighted by Gasteiger charge is -2.40. The van der Waals surface area contributed by atoms with E-state index in [-0.39, 0.29) is 11.7 Å². The number of likely N-dealkylation sites (tertiary alicyclic amines) is 1. The van der Waals surface area contributed by atoms with E-state index in [1.165, 1.54) is 0 Å². The molecule has 0 aromatic heterocycles. The van der Waals surface area contributed by atoms with Crippen LogP contribution in [-0.2, 0) is 4.74 Å². The Morgan fingerprint density at radius 2 is 2.00 bits per heavy atom. The zero-order valence-corrected chi connectivity index (χ0v) is 9.20. The molecule has 2 saturated heterocycles. The molecule has 2 fully saturated rings. The van der Waals surface area contributed by atoms with Crippen LogP contribution >= 0.6 is 0 Å². The number of ether oxygens (including phenoxy) is 1. The van der Waals surface area contributed by atoms with Crippen LogP contribution in [0, 0.1) is 0 Å². The van der Waals surface area contributed by atoms with Gasteiger partial charge in [-0.1, -0.05) is 0 Å². The van der Waals surface area contributed by atoms with Crippen LogP contribution in [0.4, 0.5) is 0 Å². The second-order valence-electron chi connectivity index (χ2n) is 4.98. The van der Waals surface area contributed by atoms with E-state index >= 15 is 0 Å². The number of aliphatic hydroxyl groups excluding tert-OH is 1. The smallest absolute Gasteiger partial charge is 0.0801 e. The largest absolute Gasteiger partial charge is 0.391 e. The van der Waals surface area contributed by atoms with E-state index < -0.39 is 0 Å². The Balaban J connectivity index is 1.89. The normalized spacial score (nSPS) is 33.0. The van der Waals surface area contributed by atoms with Crippen molar-refractivity contribution >= 4 is 0 Å². The van der Waals surface area contributed by atoms with Crippen LogP contribution in [0.2, 0.25) is 0 Å². The molecule has 1 unspecified atom stereocenters. The Bertz CT molecular complexity index is 197. The molecule has 1 N–H and O–H groups in total. The summed E-state index contributed by atoms with van der Waals surface area (Å²) in [6.07, 6.45) is 2.80. The fraction of sp³-hybridized carbons (Fsp3) is 1.00. The summed E-state index contributed by atoms with van der Waals surface area (Å²) in [6.45, 7) is 7.25. The van der Waals surface area contributed by atoms with Crippen LogP contribution in [0.25, 0.3) is 0 Å². The molecule has 0 aliphatic carbocycles. The van der Waals surface area contributed by atoms with E-state index in [0.29, 0.717) is 12.6 Å². The predicted octanol–water partition coefficient (Wildman–Crippen LogP) is 1.01. The Hall–Kier alpha value is -0.120. The highest BCUT2D eigenvalue weighted by atomic mass is 16.5. The molecular formula is C11H21NO2. The number of piperidine rings is 1.